The van der Waals surface area contributed by atoms with Gasteiger partial charge in [-0.1, -0.05) is 75.9 Å². The first-order chi connectivity index (χ1) is 22.5. The number of aryl methyl sites for hydroxylation is 2. The van der Waals surface area contributed by atoms with Crippen molar-refractivity contribution in [3.63, 3.8) is 0 Å². The smallest absolute Gasteiger partial charge is 0.0142 e. The van der Waals surface area contributed by atoms with E-state index in [0.29, 0.717) is 11.8 Å². The number of rotatable bonds is 4. The van der Waals surface area contributed by atoms with Gasteiger partial charge in [0.25, 0.3) is 0 Å². The van der Waals surface area contributed by atoms with Crippen molar-refractivity contribution in [3.05, 3.63) is 148 Å². The molecule has 0 amide bonds. The summed E-state index contributed by atoms with van der Waals surface area (Å²) in [5.74, 6) is 1.20. The van der Waals surface area contributed by atoms with Crippen LogP contribution >= 0.6 is 0 Å². The SMILES string of the molecule is CC(C)c1ccc([C](=[Zr+2])c2ccc(C(C)C)cc2)cc1.Cc1cc2[cH-]c3cc(C)c(C(C)(C)C)cc3c2cc1C(C)(C)C.[C-]1=CC=CC1.[Cl-].[Cl-]. The third-order valence-electron chi connectivity index (χ3n) is 9.33. The molecule has 0 radical (unpaired) electrons. The maximum atomic E-state index is 2.99. The zero-order valence-corrected chi connectivity index (χ0v) is 36.3. The van der Waals surface area contributed by atoms with Crippen molar-refractivity contribution in [3.8, 4) is 0 Å². The first-order valence-electron chi connectivity index (χ1n) is 17.6. The molecule has 0 N–H and O–H groups in total. The molecule has 5 aromatic rings. The predicted octanol–water partition coefficient (Wildman–Crippen LogP) is 7.29. The summed E-state index contributed by atoms with van der Waals surface area (Å²) in [6.45, 7) is 27.2. The number of hydrogen-bond acceptors (Lipinski definition) is 0. The van der Waals surface area contributed by atoms with Gasteiger partial charge in [-0.25, -0.2) is 12.2 Å². The summed E-state index contributed by atoms with van der Waals surface area (Å²) in [5, 5.41) is 5.55. The van der Waals surface area contributed by atoms with E-state index in [-0.39, 0.29) is 35.6 Å². The fourth-order valence-electron chi connectivity index (χ4n) is 6.53. The van der Waals surface area contributed by atoms with Gasteiger partial charge >= 0.3 is 138 Å². The van der Waals surface area contributed by atoms with Crippen molar-refractivity contribution in [2.24, 2.45) is 0 Å². The van der Waals surface area contributed by atoms with Gasteiger partial charge in [-0.15, -0.1) is 46.2 Å². The summed E-state index contributed by atoms with van der Waals surface area (Å²) in [5.41, 5.74) is 11.6. The molecule has 264 valence electrons. The summed E-state index contributed by atoms with van der Waals surface area (Å²) in [6.07, 6.45) is 10.0. The van der Waals surface area contributed by atoms with Gasteiger partial charge in [-0.05, 0) is 24.7 Å². The van der Waals surface area contributed by atoms with Crippen LogP contribution in [-0.4, -0.2) is 3.21 Å². The maximum absolute atomic E-state index is 2.99. The van der Waals surface area contributed by atoms with Crippen LogP contribution in [0.1, 0.15) is 132 Å². The van der Waals surface area contributed by atoms with Crippen LogP contribution < -0.4 is 24.8 Å². The molecule has 0 saturated carbocycles. The minimum Gasteiger partial charge on any atom is -1.00 e. The van der Waals surface area contributed by atoms with Gasteiger partial charge in [0, 0.05) is 0 Å². The fraction of sp³-hybridized carbons (Fsp3) is 0.362. The first kappa shape index (κ1) is 43.7. The Bertz CT molecular complexity index is 1780. The van der Waals surface area contributed by atoms with E-state index in [2.05, 4.69) is 174 Å². The van der Waals surface area contributed by atoms with Crippen LogP contribution in [0, 0.1) is 19.9 Å². The Labute approximate surface area is 331 Å². The van der Waals surface area contributed by atoms with Gasteiger partial charge in [-0.2, -0.15) is 6.08 Å². The molecule has 3 heteroatoms. The van der Waals surface area contributed by atoms with Gasteiger partial charge in [0.2, 0.25) is 0 Å². The van der Waals surface area contributed by atoms with Crippen molar-refractivity contribution in [1.29, 1.82) is 0 Å². The van der Waals surface area contributed by atoms with Gasteiger partial charge in [0.1, 0.15) is 0 Å². The minimum absolute atomic E-state index is 0. The van der Waals surface area contributed by atoms with Crippen molar-refractivity contribution in [1.82, 2.24) is 0 Å². The van der Waals surface area contributed by atoms with E-state index in [0.717, 1.165) is 6.42 Å². The van der Waals surface area contributed by atoms with Crippen LogP contribution in [-0.2, 0) is 35.1 Å². The first-order valence-corrected chi connectivity index (χ1v) is 18.9. The molecule has 0 saturated heterocycles. The summed E-state index contributed by atoms with van der Waals surface area (Å²) < 4.78 is 1.43. The summed E-state index contributed by atoms with van der Waals surface area (Å²) in [6, 6.07) is 30.0. The molecule has 50 heavy (non-hydrogen) atoms. The zero-order chi connectivity index (χ0) is 35.4. The Kier molecular flexibility index (Phi) is 16.1. The van der Waals surface area contributed by atoms with Gasteiger partial charge in [0.05, 0.1) is 0 Å². The van der Waals surface area contributed by atoms with Crippen molar-refractivity contribution in [2.45, 2.75) is 112 Å². The number of hydrogen-bond donors (Lipinski definition) is 0. The largest absolute Gasteiger partial charge is 1.00 e. The third-order valence-corrected chi connectivity index (χ3v) is 10.7. The van der Waals surface area contributed by atoms with Crippen molar-refractivity contribution >= 4 is 24.8 Å². The molecular formula is C47H56Cl2Zr-2. The van der Waals surface area contributed by atoms with Crippen LogP contribution in [0.3, 0.4) is 0 Å². The van der Waals surface area contributed by atoms with Gasteiger partial charge < -0.3 is 24.8 Å². The topological polar surface area (TPSA) is 0 Å². The quantitative estimate of drug-likeness (QED) is 0.168. The second kappa shape index (κ2) is 18.4. The molecule has 1 aliphatic carbocycles. The Hall–Kier alpha value is -2.44. The molecule has 0 spiro atoms. The van der Waals surface area contributed by atoms with E-state index in [1.54, 1.807) is 0 Å². The number of allylic oxidation sites excluding steroid dienone is 4. The third kappa shape index (κ3) is 11.0. The molecule has 6 rings (SSSR count). The average molecular weight is 783 g/mol. The van der Waals surface area contributed by atoms with Crippen molar-refractivity contribution < 1.29 is 49.0 Å². The molecule has 5 aromatic carbocycles. The fourth-order valence-corrected chi connectivity index (χ4v) is 7.35. The van der Waals surface area contributed by atoms with E-state index in [1.807, 2.05) is 12.2 Å². The Morgan fingerprint density at radius 3 is 1.28 bits per heavy atom. The van der Waals surface area contributed by atoms with Crippen LogP contribution in [0.15, 0.2) is 97.1 Å². The summed E-state index contributed by atoms with van der Waals surface area (Å²) in [4.78, 5) is 0. The molecule has 0 fully saturated rings. The van der Waals surface area contributed by atoms with Crippen LogP contribution in [0.25, 0.3) is 21.5 Å². The molecule has 0 aliphatic heterocycles. The van der Waals surface area contributed by atoms with Crippen LogP contribution in [0.2, 0.25) is 0 Å². The average Bonchev–Trinajstić information content (AvgIpc) is 3.71. The second-order valence-electron chi connectivity index (χ2n) is 16.1. The van der Waals surface area contributed by atoms with E-state index in [9.17, 15) is 0 Å². The molecule has 0 unspecified atom stereocenters. The maximum Gasteiger partial charge on any atom is -0.0142 e. The number of benzene rings is 4. The molecular weight excluding hydrogens is 727 g/mol. The number of halogens is 2. The molecule has 1 aliphatic rings. The number of fused-ring (bicyclic) bond motifs is 3. The van der Waals surface area contributed by atoms with E-state index < -0.39 is 0 Å². The van der Waals surface area contributed by atoms with Crippen LogP contribution in [0.4, 0.5) is 0 Å². The molecule has 0 bridgehead atoms. The summed E-state index contributed by atoms with van der Waals surface area (Å²) >= 11 is 1.47. The molecule has 0 heterocycles. The van der Waals surface area contributed by atoms with E-state index >= 15 is 0 Å². The zero-order valence-electron chi connectivity index (χ0n) is 32.4. The Balaban J connectivity index is 0.000000295. The standard InChI is InChI=1S/C23H29.C19H22.C5H5.2ClH.Zr/c1-14-9-16-11-17-10-15(2)21(23(6,7)8)13-19(17)18(16)12-20(14)22(3,4)5;1-14(2)18-9-5-16(6-10-18)13-17-7-11-19(12-8-17)15(3)4;1-2-4-5-3-1;;;/h9-13H,1-8H3;5-12,14-15H,1-4H3;1-3H,4H2;2*1H;/q-1;;-1;;;+2/p-2. The van der Waals surface area contributed by atoms with Crippen LogP contribution in [0.5, 0.6) is 0 Å². The van der Waals surface area contributed by atoms with E-state index in [4.69, 9.17) is 0 Å². The monoisotopic (exact) mass is 780 g/mol. The van der Waals surface area contributed by atoms with Gasteiger partial charge in [0.15, 0.2) is 0 Å². The van der Waals surface area contributed by atoms with E-state index in [1.165, 1.54) is 93.5 Å². The minimum atomic E-state index is 0. The summed E-state index contributed by atoms with van der Waals surface area (Å²) in [7, 11) is 0. The Morgan fingerprint density at radius 2 is 1.02 bits per heavy atom. The normalized spacial score (nSPS) is 12.3. The predicted molar refractivity (Wildman–Crippen MR) is 210 cm³/mol. The molecule has 0 nitrogen and oxygen atoms in total. The van der Waals surface area contributed by atoms with Gasteiger partial charge in [-0.3, -0.25) is 6.08 Å². The molecule has 0 aromatic heterocycles. The second-order valence-corrected chi connectivity index (χ2v) is 17.3. The molecule has 0 atom stereocenters. The Morgan fingerprint density at radius 1 is 0.640 bits per heavy atom. The van der Waals surface area contributed by atoms with Crippen molar-refractivity contribution in [2.75, 3.05) is 0 Å².